The van der Waals surface area contributed by atoms with E-state index in [2.05, 4.69) is 37.5 Å². The molecule has 0 saturated carbocycles. The molecule has 208 valence electrons. The van der Waals surface area contributed by atoms with Crippen molar-refractivity contribution in [2.45, 2.75) is 130 Å². The Labute approximate surface area is 270 Å². The van der Waals surface area contributed by atoms with E-state index < -0.39 is 0 Å². The van der Waals surface area contributed by atoms with Crippen molar-refractivity contribution in [1.82, 2.24) is 9.80 Å². The van der Waals surface area contributed by atoms with Gasteiger partial charge in [-0.05, 0) is 25.7 Å². The number of rotatable bonds is 20. The maximum atomic E-state index is 5.11. The van der Waals surface area contributed by atoms with Crippen molar-refractivity contribution < 1.29 is 21.1 Å². The van der Waals surface area contributed by atoms with Crippen molar-refractivity contribution in [3.63, 3.8) is 0 Å². The second kappa shape index (κ2) is 37.8. The van der Waals surface area contributed by atoms with Crippen molar-refractivity contribution in [1.29, 1.82) is 0 Å². The van der Waals surface area contributed by atoms with Gasteiger partial charge < -0.3 is 86.5 Å². The third-order valence-corrected chi connectivity index (χ3v) is 6.68. The monoisotopic (exact) mass is 682 g/mol. The molecule has 9 heteroatoms. The summed E-state index contributed by atoms with van der Waals surface area (Å²) in [6.07, 6.45) is 20.6. The van der Waals surface area contributed by atoms with Crippen LogP contribution in [0.15, 0.2) is 0 Å². The van der Waals surface area contributed by atoms with Crippen LogP contribution in [0, 0.1) is 0 Å². The summed E-state index contributed by atoms with van der Waals surface area (Å²) in [5, 5.41) is 0. The molecule has 0 aliphatic heterocycles. The van der Waals surface area contributed by atoms with Crippen molar-refractivity contribution in [2.24, 2.45) is 0 Å². The van der Waals surface area contributed by atoms with Crippen LogP contribution in [0.25, 0.3) is 0 Å². The molecule has 0 unspecified atom stereocenters. The SMILES string of the molecule is CCCCCCN(CCCCCC)C(=S)[S-].CCCCCCN(CCCCCC)C(=S)[S-].[Mo+6].[S-2].[S-2]. The fraction of sp³-hybridized carbons (Fsp3) is 0.923. The third-order valence-electron chi connectivity index (χ3n) is 5.64. The molecule has 0 radical (unpaired) electrons. The standard InChI is InChI=1S/2C13H27NS2.Mo.2S/c2*1-3-5-7-9-11-14(13(15)16)12-10-8-6-4-2;;;/h2*3-12H2,1-2H3,(H,15,16);;;/q;;+6;2*-2/p-2. The molecule has 0 aromatic carbocycles. The number of hydrogen-bond donors (Lipinski definition) is 0. The Balaban J connectivity index is -0.000000158. The van der Waals surface area contributed by atoms with Gasteiger partial charge in [-0.2, -0.15) is 0 Å². The third kappa shape index (κ3) is 35.6. The van der Waals surface area contributed by atoms with Crippen LogP contribution in [0.2, 0.25) is 0 Å². The second-order valence-electron chi connectivity index (χ2n) is 8.75. The van der Waals surface area contributed by atoms with Crippen LogP contribution < -0.4 is 0 Å². The number of hydrogen-bond acceptors (Lipinski definition) is 4. The number of nitrogens with zero attached hydrogens (tertiary/aromatic N) is 2. The van der Waals surface area contributed by atoms with Gasteiger partial charge in [0.2, 0.25) is 0 Å². The molecular weight excluding hydrogens is 629 g/mol. The summed E-state index contributed by atoms with van der Waals surface area (Å²) in [5.41, 5.74) is 0. The molecule has 0 atom stereocenters. The molecule has 0 rings (SSSR count). The molecule has 0 bridgehead atoms. The molecule has 0 aromatic rings. The first-order valence-corrected chi connectivity index (χ1v) is 15.0. The van der Waals surface area contributed by atoms with Crippen LogP contribution in [0.5, 0.6) is 0 Å². The first kappa shape index (κ1) is 46.5. The molecule has 2 nitrogen and oxygen atoms in total. The molecule has 0 aliphatic carbocycles. The van der Waals surface area contributed by atoms with E-state index in [9.17, 15) is 0 Å². The van der Waals surface area contributed by atoms with Crippen LogP contribution in [0.4, 0.5) is 0 Å². The molecule has 0 amide bonds. The molecule has 0 saturated heterocycles. The van der Waals surface area contributed by atoms with Crippen molar-refractivity contribution >= 4 is 85.3 Å². The van der Waals surface area contributed by atoms with Crippen molar-refractivity contribution in [2.75, 3.05) is 26.2 Å². The van der Waals surface area contributed by atoms with Crippen LogP contribution >= 0.6 is 24.4 Å². The minimum absolute atomic E-state index is 0. The van der Waals surface area contributed by atoms with Gasteiger partial charge in [0.1, 0.15) is 0 Å². The normalized spacial score (nSPS) is 9.49. The van der Waals surface area contributed by atoms with Gasteiger partial charge in [0, 0.05) is 26.2 Å². The first-order valence-electron chi connectivity index (χ1n) is 13.4. The van der Waals surface area contributed by atoms with Crippen LogP contribution in [-0.2, 0) is 73.3 Å². The van der Waals surface area contributed by atoms with Crippen molar-refractivity contribution in [3.05, 3.63) is 0 Å². The smallest absolute Gasteiger partial charge is 2.00 e. The fourth-order valence-electron chi connectivity index (χ4n) is 3.51. The van der Waals surface area contributed by atoms with Gasteiger partial charge in [-0.15, -0.1) is 0 Å². The van der Waals surface area contributed by atoms with Gasteiger partial charge in [-0.1, -0.05) is 113 Å². The van der Waals surface area contributed by atoms with E-state index in [0.717, 1.165) is 26.2 Å². The Kier molecular flexibility index (Phi) is 50.1. The molecule has 35 heavy (non-hydrogen) atoms. The molecule has 0 fully saturated rings. The topological polar surface area (TPSA) is 6.48 Å². The minimum atomic E-state index is 0. The average Bonchev–Trinajstić information content (AvgIpc) is 2.77. The Morgan fingerprint density at radius 1 is 0.457 bits per heavy atom. The molecule has 0 heterocycles. The van der Waals surface area contributed by atoms with Crippen LogP contribution in [0.1, 0.15) is 130 Å². The summed E-state index contributed by atoms with van der Waals surface area (Å²) in [7, 11) is 0. The second-order valence-corrected chi connectivity index (χ2v) is 10.8. The quantitative estimate of drug-likeness (QED) is 0.0547. The zero-order valence-corrected chi connectivity index (χ0v) is 29.8. The van der Waals surface area contributed by atoms with E-state index in [1.165, 1.54) is 103 Å². The Bertz CT molecular complexity index is 369. The summed E-state index contributed by atoms with van der Waals surface area (Å²) in [5.74, 6) is 0. The van der Waals surface area contributed by atoms with E-state index in [1.54, 1.807) is 0 Å². The maximum absolute atomic E-state index is 5.11. The zero-order valence-electron chi connectivity index (χ0n) is 22.9. The van der Waals surface area contributed by atoms with Gasteiger partial charge in [-0.3, -0.25) is 0 Å². The predicted molar refractivity (Wildman–Crippen MR) is 174 cm³/mol. The Morgan fingerprint density at radius 3 is 0.800 bits per heavy atom. The number of thiocarbonyl (C=S) groups is 2. The van der Waals surface area contributed by atoms with E-state index >= 15 is 0 Å². The van der Waals surface area contributed by atoms with E-state index in [0.29, 0.717) is 8.64 Å². The molecule has 0 aliphatic rings. The van der Waals surface area contributed by atoms with Gasteiger partial charge in [-0.25, -0.2) is 0 Å². The Morgan fingerprint density at radius 2 is 0.657 bits per heavy atom. The van der Waals surface area contributed by atoms with Gasteiger partial charge in [0.25, 0.3) is 0 Å². The fourth-order valence-corrected chi connectivity index (χ4v) is 4.24. The molecule has 0 aromatic heterocycles. The van der Waals surface area contributed by atoms with E-state index in [1.807, 2.05) is 0 Å². The summed E-state index contributed by atoms with van der Waals surface area (Å²) < 4.78 is 1.32. The average molecular weight is 681 g/mol. The van der Waals surface area contributed by atoms with Gasteiger partial charge in [0.05, 0.1) is 0 Å². The minimum Gasteiger partial charge on any atom is -2.00 e. The van der Waals surface area contributed by atoms with E-state index in [4.69, 9.17) is 49.7 Å². The predicted octanol–water partition coefficient (Wildman–Crippen LogP) is 8.55. The summed E-state index contributed by atoms with van der Waals surface area (Å²) in [6.45, 7) is 13.2. The van der Waals surface area contributed by atoms with Crippen LogP contribution in [-0.4, -0.2) is 44.6 Å². The molecule has 0 spiro atoms. The summed E-state index contributed by atoms with van der Waals surface area (Å²) in [6, 6.07) is 0. The largest absolute Gasteiger partial charge is 6.00 e. The summed E-state index contributed by atoms with van der Waals surface area (Å²) in [4.78, 5) is 4.41. The van der Waals surface area contributed by atoms with E-state index in [-0.39, 0.29) is 48.1 Å². The van der Waals surface area contributed by atoms with Gasteiger partial charge >= 0.3 is 21.1 Å². The Hall–Kier alpha value is 1.61. The maximum Gasteiger partial charge on any atom is 6.00 e. The first-order chi connectivity index (χ1) is 15.4. The van der Waals surface area contributed by atoms with Crippen LogP contribution in [0.3, 0.4) is 0 Å². The van der Waals surface area contributed by atoms with Crippen molar-refractivity contribution in [3.8, 4) is 0 Å². The summed E-state index contributed by atoms with van der Waals surface area (Å²) >= 11 is 20.5. The zero-order chi connectivity index (χ0) is 24.5. The number of unbranched alkanes of at least 4 members (excludes halogenated alkanes) is 12. The van der Waals surface area contributed by atoms with Gasteiger partial charge in [0.15, 0.2) is 0 Å². The molecular formula is C26H52MoN2S6. The molecule has 0 N–H and O–H groups in total.